The van der Waals surface area contributed by atoms with Crippen molar-refractivity contribution < 1.29 is 0 Å². The smallest absolute Gasteiger partial charge is 0.0300 e. The van der Waals surface area contributed by atoms with Crippen molar-refractivity contribution in [2.45, 2.75) is 12.3 Å². The number of rotatable bonds is 5. The Morgan fingerprint density at radius 1 is 1.10 bits per heavy atom. The Hall–Kier alpha value is -1.71. The topological polar surface area (TPSA) is 42.1 Å². The van der Waals surface area contributed by atoms with E-state index in [2.05, 4.69) is 46.3 Å². The molecular weight excluding hydrogens is 258 g/mol. The molecule has 0 unspecified atom stereocenters. The molecule has 0 saturated carbocycles. The lowest BCUT2D eigenvalue weighted by Crippen LogP contribution is -2.25. The largest absolute Gasteiger partial charge is 0.330 e. The Balaban J connectivity index is 1.62. The van der Waals surface area contributed by atoms with Crippen LogP contribution in [0.1, 0.15) is 17.0 Å². The summed E-state index contributed by atoms with van der Waals surface area (Å²) in [6.45, 7) is 4.08. The Labute approximate surface area is 126 Å². The molecule has 2 aromatic rings. The molecule has 3 rings (SSSR count). The highest BCUT2D eigenvalue weighted by Crippen LogP contribution is 2.31. The maximum atomic E-state index is 5.99. The number of likely N-dealkylation sites (tertiary alicyclic amines) is 1. The number of pyridine rings is 1. The zero-order valence-electron chi connectivity index (χ0n) is 12.4. The summed E-state index contributed by atoms with van der Waals surface area (Å²) in [5.74, 6) is 1.14. The summed E-state index contributed by atoms with van der Waals surface area (Å²) in [4.78, 5) is 6.73. The van der Waals surface area contributed by atoms with Crippen molar-refractivity contribution in [3.05, 3.63) is 66.0 Å². The van der Waals surface area contributed by atoms with E-state index < -0.39 is 0 Å². The molecule has 0 spiro atoms. The van der Waals surface area contributed by atoms with Gasteiger partial charge in [-0.05, 0) is 36.1 Å². The summed E-state index contributed by atoms with van der Waals surface area (Å²) >= 11 is 0. The summed E-state index contributed by atoms with van der Waals surface area (Å²) in [5, 5.41) is 0. The molecule has 2 N–H and O–H groups in total. The second-order valence-corrected chi connectivity index (χ2v) is 5.88. The van der Waals surface area contributed by atoms with Gasteiger partial charge in [0.15, 0.2) is 0 Å². The first-order valence-electron chi connectivity index (χ1n) is 7.73. The highest BCUT2D eigenvalue weighted by atomic mass is 15.2. The van der Waals surface area contributed by atoms with Crippen molar-refractivity contribution >= 4 is 0 Å². The van der Waals surface area contributed by atoms with Crippen LogP contribution in [0.2, 0.25) is 0 Å². The third kappa shape index (κ3) is 3.49. The van der Waals surface area contributed by atoms with E-state index in [1.807, 2.05) is 18.5 Å². The fraction of sp³-hybridized carbons (Fsp3) is 0.389. The van der Waals surface area contributed by atoms with Crippen molar-refractivity contribution in [2.24, 2.45) is 11.7 Å². The van der Waals surface area contributed by atoms with Gasteiger partial charge in [-0.3, -0.25) is 4.98 Å². The third-order valence-corrected chi connectivity index (χ3v) is 4.49. The first-order valence-corrected chi connectivity index (χ1v) is 7.73. The normalized spacial score (nSPS) is 22.5. The fourth-order valence-electron chi connectivity index (χ4n) is 3.29. The van der Waals surface area contributed by atoms with Gasteiger partial charge >= 0.3 is 0 Å². The molecule has 1 aliphatic heterocycles. The number of hydrogen-bond acceptors (Lipinski definition) is 3. The molecule has 0 amide bonds. The number of aromatic nitrogens is 1. The van der Waals surface area contributed by atoms with Crippen molar-refractivity contribution in [2.75, 3.05) is 26.2 Å². The molecule has 1 saturated heterocycles. The van der Waals surface area contributed by atoms with E-state index in [-0.39, 0.29) is 0 Å². The second-order valence-electron chi connectivity index (χ2n) is 5.88. The molecule has 110 valence electrons. The standard InChI is InChI=1S/C18H23N3/c19-11-17-13-21(10-8-15-5-4-9-20-12-15)14-18(17)16-6-2-1-3-7-16/h1-7,9,12,17-18H,8,10-11,13-14,19H2/t17-,18+/m1/s1. The number of nitrogens with two attached hydrogens (primary N) is 1. The van der Waals surface area contributed by atoms with Crippen LogP contribution in [-0.2, 0) is 6.42 Å². The van der Waals surface area contributed by atoms with Crippen LogP contribution in [-0.4, -0.2) is 36.1 Å². The van der Waals surface area contributed by atoms with E-state index in [1.54, 1.807) is 0 Å². The molecule has 1 fully saturated rings. The van der Waals surface area contributed by atoms with Crippen molar-refractivity contribution in [1.29, 1.82) is 0 Å². The van der Waals surface area contributed by atoms with Gasteiger partial charge in [0.05, 0.1) is 0 Å². The predicted molar refractivity (Wildman–Crippen MR) is 86.1 cm³/mol. The Morgan fingerprint density at radius 3 is 2.67 bits per heavy atom. The Kier molecular flexibility index (Phi) is 4.63. The SMILES string of the molecule is NC[C@@H]1CN(CCc2cccnc2)C[C@H]1c1ccccc1. The van der Waals surface area contributed by atoms with Crippen LogP contribution in [0.15, 0.2) is 54.9 Å². The average Bonchev–Trinajstić information content (AvgIpc) is 2.98. The molecule has 3 nitrogen and oxygen atoms in total. The molecular formula is C18H23N3. The second kappa shape index (κ2) is 6.83. The molecule has 3 heteroatoms. The quantitative estimate of drug-likeness (QED) is 0.914. The van der Waals surface area contributed by atoms with E-state index in [4.69, 9.17) is 5.73 Å². The zero-order valence-corrected chi connectivity index (χ0v) is 12.4. The van der Waals surface area contributed by atoms with Crippen LogP contribution in [0.3, 0.4) is 0 Å². The highest BCUT2D eigenvalue weighted by Gasteiger charge is 2.32. The summed E-state index contributed by atoms with van der Waals surface area (Å²) < 4.78 is 0. The number of hydrogen-bond donors (Lipinski definition) is 1. The zero-order chi connectivity index (χ0) is 14.5. The van der Waals surface area contributed by atoms with E-state index in [0.29, 0.717) is 11.8 Å². The van der Waals surface area contributed by atoms with Gasteiger partial charge in [-0.15, -0.1) is 0 Å². The van der Waals surface area contributed by atoms with Gasteiger partial charge in [-0.25, -0.2) is 0 Å². The minimum absolute atomic E-state index is 0.571. The van der Waals surface area contributed by atoms with Crippen LogP contribution in [0.5, 0.6) is 0 Å². The molecule has 2 heterocycles. The highest BCUT2D eigenvalue weighted by molar-refractivity contribution is 5.22. The van der Waals surface area contributed by atoms with Crippen molar-refractivity contribution in [3.8, 4) is 0 Å². The molecule has 2 atom stereocenters. The maximum Gasteiger partial charge on any atom is 0.0300 e. The van der Waals surface area contributed by atoms with E-state index in [0.717, 1.165) is 32.6 Å². The van der Waals surface area contributed by atoms with Crippen molar-refractivity contribution in [1.82, 2.24) is 9.88 Å². The molecule has 0 aliphatic carbocycles. The van der Waals surface area contributed by atoms with Gasteiger partial charge in [-0.1, -0.05) is 36.4 Å². The minimum atomic E-state index is 0.571. The molecule has 1 aromatic heterocycles. The average molecular weight is 281 g/mol. The van der Waals surface area contributed by atoms with Gasteiger partial charge in [0.1, 0.15) is 0 Å². The van der Waals surface area contributed by atoms with Gasteiger partial charge in [0.25, 0.3) is 0 Å². The number of nitrogens with zero attached hydrogens (tertiary/aromatic N) is 2. The van der Waals surface area contributed by atoms with Crippen LogP contribution >= 0.6 is 0 Å². The van der Waals surface area contributed by atoms with Gasteiger partial charge < -0.3 is 10.6 Å². The fourth-order valence-corrected chi connectivity index (χ4v) is 3.29. The number of benzene rings is 1. The lowest BCUT2D eigenvalue weighted by atomic mass is 9.89. The molecule has 0 bridgehead atoms. The Bertz CT molecular complexity index is 541. The van der Waals surface area contributed by atoms with Crippen LogP contribution < -0.4 is 5.73 Å². The van der Waals surface area contributed by atoms with Gasteiger partial charge in [-0.2, -0.15) is 0 Å². The van der Waals surface area contributed by atoms with Gasteiger partial charge in [0.2, 0.25) is 0 Å². The third-order valence-electron chi connectivity index (χ3n) is 4.49. The first kappa shape index (κ1) is 14.2. The molecule has 1 aliphatic rings. The lowest BCUT2D eigenvalue weighted by Gasteiger charge is -2.16. The van der Waals surface area contributed by atoms with Crippen LogP contribution in [0, 0.1) is 5.92 Å². The molecule has 0 radical (unpaired) electrons. The van der Waals surface area contributed by atoms with Gasteiger partial charge in [0, 0.05) is 37.9 Å². The van der Waals surface area contributed by atoms with E-state index in [9.17, 15) is 0 Å². The first-order chi connectivity index (χ1) is 10.4. The van der Waals surface area contributed by atoms with Crippen molar-refractivity contribution in [3.63, 3.8) is 0 Å². The molecule has 21 heavy (non-hydrogen) atoms. The monoisotopic (exact) mass is 281 g/mol. The summed E-state index contributed by atoms with van der Waals surface area (Å²) in [7, 11) is 0. The lowest BCUT2D eigenvalue weighted by molar-refractivity contribution is 0.328. The summed E-state index contributed by atoms with van der Waals surface area (Å²) in [5.41, 5.74) is 8.73. The predicted octanol–water partition coefficient (Wildman–Crippen LogP) is 2.30. The summed E-state index contributed by atoms with van der Waals surface area (Å²) in [6, 6.07) is 15.0. The van der Waals surface area contributed by atoms with E-state index >= 15 is 0 Å². The van der Waals surface area contributed by atoms with E-state index in [1.165, 1.54) is 11.1 Å². The molecule has 1 aromatic carbocycles. The maximum absolute atomic E-state index is 5.99. The summed E-state index contributed by atoms with van der Waals surface area (Å²) in [6.07, 6.45) is 4.85. The van der Waals surface area contributed by atoms with Crippen LogP contribution in [0.4, 0.5) is 0 Å². The minimum Gasteiger partial charge on any atom is -0.330 e. The Morgan fingerprint density at radius 2 is 1.95 bits per heavy atom. The van der Waals surface area contributed by atoms with Crippen LogP contribution in [0.25, 0.3) is 0 Å².